The van der Waals surface area contributed by atoms with E-state index >= 15 is 0 Å². The van der Waals surface area contributed by atoms with E-state index < -0.39 is 0 Å². The highest BCUT2D eigenvalue weighted by Gasteiger charge is 2.16. The summed E-state index contributed by atoms with van der Waals surface area (Å²) in [7, 11) is 0. The van der Waals surface area contributed by atoms with Crippen molar-refractivity contribution in [3.63, 3.8) is 0 Å². The molecular formula is C15H25N. The number of nitrogens with one attached hydrogen (secondary N) is 1. The van der Waals surface area contributed by atoms with Crippen LogP contribution in [0.4, 0.5) is 0 Å². The van der Waals surface area contributed by atoms with Gasteiger partial charge in [-0.15, -0.1) is 0 Å². The Labute approximate surface area is 100 Å². The first-order valence-electron chi connectivity index (χ1n) is 6.34. The number of rotatable bonds is 5. The van der Waals surface area contributed by atoms with Crippen molar-refractivity contribution < 1.29 is 0 Å². The molecule has 0 saturated carbocycles. The van der Waals surface area contributed by atoms with Crippen LogP contribution in [0.3, 0.4) is 0 Å². The highest BCUT2D eigenvalue weighted by Crippen LogP contribution is 2.27. The monoisotopic (exact) mass is 219 g/mol. The van der Waals surface area contributed by atoms with E-state index in [9.17, 15) is 0 Å². The molecule has 0 aliphatic heterocycles. The maximum absolute atomic E-state index is 3.43. The first-order chi connectivity index (χ1) is 7.57. The Bertz CT molecular complexity index is 330. The van der Waals surface area contributed by atoms with Gasteiger partial charge in [0, 0.05) is 0 Å². The zero-order chi connectivity index (χ0) is 12.1. The summed E-state index contributed by atoms with van der Waals surface area (Å²) in [5.74, 6) is 1.30. The number of hydrogen-bond acceptors (Lipinski definition) is 1. The van der Waals surface area contributed by atoms with E-state index in [1.54, 1.807) is 0 Å². The standard InChI is InChI=1S/C15H25N/c1-6-16-10-12(3)14(5)15-9-7-8-11(2)13(15)4/h7-9,12,14,16H,6,10H2,1-5H3. The molecule has 1 aromatic carbocycles. The quantitative estimate of drug-likeness (QED) is 0.797. The largest absolute Gasteiger partial charge is 0.317 e. The molecule has 0 amide bonds. The number of hydrogen-bond donors (Lipinski definition) is 1. The van der Waals surface area contributed by atoms with Crippen LogP contribution in [0.5, 0.6) is 0 Å². The van der Waals surface area contributed by atoms with Crippen LogP contribution in [-0.4, -0.2) is 13.1 Å². The summed E-state index contributed by atoms with van der Waals surface area (Å²) in [4.78, 5) is 0. The van der Waals surface area contributed by atoms with Gasteiger partial charge in [0.2, 0.25) is 0 Å². The SMILES string of the molecule is CCNCC(C)C(C)c1cccc(C)c1C. The molecule has 1 nitrogen and oxygen atoms in total. The van der Waals surface area contributed by atoms with E-state index in [-0.39, 0.29) is 0 Å². The molecule has 0 heterocycles. The molecule has 0 aliphatic rings. The van der Waals surface area contributed by atoms with Gasteiger partial charge < -0.3 is 5.32 Å². The molecule has 1 rings (SSSR count). The highest BCUT2D eigenvalue weighted by atomic mass is 14.8. The Morgan fingerprint density at radius 1 is 1.19 bits per heavy atom. The predicted molar refractivity (Wildman–Crippen MR) is 72.0 cm³/mol. The van der Waals surface area contributed by atoms with Crippen LogP contribution in [0.1, 0.15) is 43.4 Å². The Morgan fingerprint density at radius 3 is 2.50 bits per heavy atom. The molecule has 2 atom stereocenters. The van der Waals surface area contributed by atoms with Crippen LogP contribution in [0.15, 0.2) is 18.2 Å². The summed E-state index contributed by atoms with van der Waals surface area (Å²) in [6.45, 7) is 13.4. The molecule has 0 saturated heterocycles. The van der Waals surface area contributed by atoms with Crippen molar-refractivity contribution in [2.75, 3.05) is 13.1 Å². The topological polar surface area (TPSA) is 12.0 Å². The molecule has 16 heavy (non-hydrogen) atoms. The summed E-state index contributed by atoms with van der Waals surface area (Å²) in [5.41, 5.74) is 4.36. The molecule has 0 spiro atoms. The van der Waals surface area contributed by atoms with Crippen molar-refractivity contribution >= 4 is 0 Å². The van der Waals surface area contributed by atoms with Crippen molar-refractivity contribution in [2.24, 2.45) is 5.92 Å². The number of benzene rings is 1. The van der Waals surface area contributed by atoms with Crippen molar-refractivity contribution in [3.8, 4) is 0 Å². The third-order valence-electron chi connectivity index (χ3n) is 3.71. The molecule has 1 aromatic rings. The Morgan fingerprint density at radius 2 is 1.88 bits per heavy atom. The second kappa shape index (κ2) is 6.05. The molecule has 0 fully saturated rings. The lowest BCUT2D eigenvalue weighted by molar-refractivity contribution is 0.452. The van der Waals surface area contributed by atoms with Gasteiger partial charge in [-0.25, -0.2) is 0 Å². The smallest absolute Gasteiger partial charge is 0.00175 e. The van der Waals surface area contributed by atoms with Gasteiger partial charge in [0.15, 0.2) is 0 Å². The summed E-state index contributed by atoms with van der Waals surface area (Å²) < 4.78 is 0. The Kier molecular flexibility index (Phi) is 5.01. The molecular weight excluding hydrogens is 194 g/mol. The molecule has 0 aliphatic carbocycles. The highest BCUT2D eigenvalue weighted by molar-refractivity contribution is 5.35. The summed E-state index contributed by atoms with van der Waals surface area (Å²) in [5, 5.41) is 3.43. The van der Waals surface area contributed by atoms with Gasteiger partial charge >= 0.3 is 0 Å². The summed E-state index contributed by atoms with van der Waals surface area (Å²) >= 11 is 0. The van der Waals surface area contributed by atoms with E-state index in [2.05, 4.69) is 58.1 Å². The fourth-order valence-electron chi connectivity index (χ4n) is 2.12. The third kappa shape index (κ3) is 3.08. The zero-order valence-electron chi connectivity index (χ0n) is 11.3. The minimum Gasteiger partial charge on any atom is -0.317 e. The van der Waals surface area contributed by atoms with Crippen molar-refractivity contribution in [1.82, 2.24) is 5.32 Å². The van der Waals surface area contributed by atoms with Crippen LogP contribution in [0.2, 0.25) is 0 Å². The molecule has 90 valence electrons. The molecule has 0 aromatic heterocycles. The fourth-order valence-corrected chi connectivity index (χ4v) is 2.12. The third-order valence-corrected chi connectivity index (χ3v) is 3.71. The summed E-state index contributed by atoms with van der Waals surface area (Å²) in [6, 6.07) is 6.64. The van der Waals surface area contributed by atoms with Gasteiger partial charge in [0.25, 0.3) is 0 Å². The molecule has 1 heteroatoms. The van der Waals surface area contributed by atoms with E-state index in [1.165, 1.54) is 16.7 Å². The van der Waals surface area contributed by atoms with E-state index in [0.717, 1.165) is 13.1 Å². The van der Waals surface area contributed by atoms with Crippen LogP contribution < -0.4 is 5.32 Å². The first kappa shape index (κ1) is 13.2. The van der Waals surface area contributed by atoms with Crippen molar-refractivity contribution in [3.05, 3.63) is 34.9 Å². The van der Waals surface area contributed by atoms with Gasteiger partial charge in [0.1, 0.15) is 0 Å². The van der Waals surface area contributed by atoms with Crippen LogP contribution in [-0.2, 0) is 0 Å². The van der Waals surface area contributed by atoms with Gasteiger partial charge in [-0.2, -0.15) is 0 Å². The van der Waals surface area contributed by atoms with E-state index in [0.29, 0.717) is 11.8 Å². The minimum absolute atomic E-state index is 0.624. The zero-order valence-corrected chi connectivity index (χ0v) is 11.3. The maximum atomic E-state index is 3.43. The molecule has 2 unspecified atom stereocenters. The Balaban J connectivity index is 2.79. The lowest BCUT2D eigenvalue weighted by Gasteiger charge is -2.23. The van der Waals surface area contributed by atoms with Gasteiger partial charge in [-0.1, -0.05) is 39.0 Å². The lowest BCUT2D eigenvalue weighted by Crippen LogP contribution is -2.24. The normalized spacial score (nSPS) is 14.8. The summed E-state index contributed by atoms with van der Waals surface area (Å²) in [6.07, 6.45) is 0. The second-order valence-corrected chi connectivity index (χ2v) is 4.86. The molecule has 0 bridgehead atoms. The maximum Gasteiger partial charge on any atom is -0.00175 e. The van der Waals surface area contributed by atoms with E-state index in [1.807, 2.05) is 0 Å². The molecule has 0 radical (unpaired) electrons. The van der Waals surface area contributed by atoms with Gasteiger partial charge in [-0.05, 0) is 55.5 Å². The second-order valence-electron chi connectivity index (χ2n) is 4.86. The van der Waals surface area contributed by atoms with E-state index in [4.69, 9.17) is 0 Å². The first-order valence-corrected chi connectivity index (χ1v) is 6.34. The van der Waals surface area contributed by atoms with Crippen molar-refractivity contribution in [2.45, 2.75) is 40.5 Å². The lowest BCUT2D eigenvalue weighted by atomic mass is 9.85. The Hall–Kier alpha value is -0.820. The predicted octanol–water partition coefficient (Wildman–Crippen LogP) is 3.65. The number of aryl methyl sites for hydroxylation is 1. The molecule has 1 N–H and O–H groups in total. The fraction of sp³-hybridized carbons (Fsp3) is 0.600. The van der Waals surface area contributed by atoms with Crippen LogP contribution in [0, 0.1) is 19.8 Å². The average molecular weight is 219 g/mol. The van der Waals surface area contributed by atoms with Crippen LogP contribution >= 0.6 is 0 Å². The van der Waals surface area contributed by atoms with Crippen LogP contribution in [0.25, 0.3) is 0 Å². The van der Waals surface area contributed by atoms with Gasteiger partial charge in [-0.3, -0.25) is 0 Å². The van der Waals surface area contributed by atoms with Crippen molar-refractivity contribution in [1.29, 1.82) is 0 Å². The average Bonchev–Trinajstić information content (AvgIpc) is 2.28. The van der Waals surface area contributed by atoms with Gasteiger partial charge in [0.05, 0.1) is 0 Å². The minimum atomic E-state index is 0.624.